The highest BCUT2D eigenvalue weighted by Gasteiger charge is 2.35. The van der Waals surface area contributed by atoms with Crippen LogP contribution in [0.5, 0.6) is 0 Å². The van der Waals surface area contributed by atoms with E-state index in [9.17, 15) is 0 Å². The summed E-state index contributed by atoms with van der Waals surface area (Å²) in [6.45, 7) is 0. The Morgan fingerprint density at radius 3 is 3.50 bits per heavy atom. The van der Waals surface area contributed by atoms with E-state index in [-0.39, 0.29) is 6.10 Å². The minimum Gasteiger partial charge on any atom is -0.482 e. The van der Waals surface area contributed by atoms with Crippen LogP contribution in [-0.2, 0) is 9.57 Å². The summed E-state index contributed by atoms with van der Waals surface area (Å²) in [6, 6.07) is 0. The molecular weight excluding hydrogens is 130 g/mol. The summed E-state index contributed by atoms with van der Waals surface area (Å²) >= 11 is 0. The summed E-state index contributed by atoms with van der Waals surface area (Å²) in [5, 5.41) is 3.78. The van der Waals surface area contributed by atoms with E-state index in [0.717, 1.165) is 12.3 Å². The van der Waals surface area contributed by atoms with Gasteiger partial charge in [0.15, 0.2) is 6.10 Å². The van der Waals surface area contributed by atoms with Crippen LogP contribution in [0.1, 0.15) is 6.42 Å². The van der Waals surface area contributed by atoms with Gasteiger partial charge < -0.3 is 9.57 Å². The standard InChI is InChI=1S/C7H9NO2/c1-9-7-5-3-2-4-6(5)10-8-7/h2,4-6H,3H2,1H3/t5-,6+/m0/s1. The number of hydrogen-bond acceptors (Lipinski definition) is 3. The van der Waals surface area contributed by atoms with Gasteiger partial charge in [0.05, 0.1) is 13.0 Å². The third-order valence-electron chi connectivity index (χ3n) is 1.90. The number of fused-ring (bicyclic) bond motifs is 1. The molecule has 0 N–H and O–H groups in total. The second-order valence-corrected chi connectivity index (χ2v) is 2.47. The van der Waals surface area contributed by atoms with Crippen LogP contribution in [0.15, 0.2) is 17.3 Å². The zero-order chi connectivity index (χ0) is 6.97. The third kappa shape index (κ3) is 0.632. The molecule has 0 saturated heterocycles. The Labute approximate surface area is 59.3 Å². The van der Waals surface area contributed by atoms with Crippen molar-refractivity contribution in [1.29, 1.82) is 0 Å². The summed E-state index contributed by atoms with van der Waals surface area (Å²) in [4.78, 5) is 5.06. The number of ether oxygens (including phenoxy) is 1. The highest BCUT2D eigenvalue weighted by Crippen LogP contribution is 2.28. The number of nitrogens with zero attached hydrogens (tertiary/aromatic N) is 1. The fraction of sp³-hybridized carbons (Fsp3) is 0.571. The average molecular weight is 139 g/mol. The lowest BCUT2D eigenvalue weighted by atomic mass is 10.1. The second kappa shape index (κ2) is 2.01. The molecule has 0 radical (unpaired) electrons. The molecule has 1 aliphatic carbocycles. The fourth-order valence-electron chi connectivity index (χ4n) is 1.35. The van der Waals surface area contributed by atoms with Gasteiger partial charge in [-0.05, 0) is 12.5 Å². The maximum absolute atomic E-state index is 5.06. The van der Waals surface area contributed by atoms with Crippen molar-refractivity contribution >= 4 is 5.90 Å². The van der Waals surface area contributed by atoms with Crippen molar-refractivity contribution in [3.8, 4) is 0 Å². The van der Waals surface area contributed by atoms with E-state index in [4.69, 9.17) is 9.57 Å². The summed E-state index contributed by atoms with van der Waals surface area (Å²) in [5.74, 6) is 1.08. The first-order chi connectivity index (χ1) is 4.92. The average Bonchev–Trinajstić information content (AvgIpc) is 2.44. The Morgan fingerprint density at radius 2 is 2.70 bits per heavy atom. The monoisotopic (exact) mass is 139 g/mol. The predicted molar refractivity (Wildman–Crippen MR) is 36.6 cm³/mol. The lowest BCUT2D eigenvalue weighted by molar-refractivity contribution is 0.104. The van der Waals surface area contributed by atoms with Crippen LogP contribution in [0.2, 0.25) is 0 Å². The van der Waals surface area contributed by atoms with Gasteiger partial charge in [-0.25, -0.2) is 0 Å². The molecule has 0 saturated carbocycles. The first kappa shape index (κ1) is 5.77. The van der Waals surface area contributed by atoms with Crippen LogP contribution in [0, 0.1) is 5.92 Å². The zero-order valence-electron chi connectivity index (χ0n) is 5.78. The van der Waals surface area contributed by atoms with E-state index >= 15 is 0 Å². The number of oxime groups is 1. The molecule has 2 rings (SSSR count). The molecule has 0 aromatic carbocycles. The Bertz CT molecular complexity index is 198. The fourth-order valence-corrected chi connectivity index (χ4v) is 1.35. The van der Waals surface area contributed by atoms with Crippen LogP contribution >= 0.6 is 0 Å². The van der Waals surface area contributed by atoms with Crippen LogP contribution in [0.4, 0.5) is 0 Å². The predicted octanol–water partition coefficient (Wildman–Crippen LogP) is 0.921. The Morgan fingerprint density at radius 1 is 1.80 bits per heavy atom. The van der Waals surface area contributed by atoms with Crippen LogP contribution in [0.25, 0.3) is 0 Å². The molecule has 0 spiro atoms. The van der Waals surface area contributed by atoms with Gasteiger partial charge in [0, 0.05) is 0 Å². The van der Waals surface area contributed by atoms with Gasteiger partial charge in [0.1, 0.15) is 0 Å². The molecule has 1 heterocycles. The summed E-state index contributed by atoms with van der Waals surface area (Å²) in [5.41, 5.74) is 0. The molecule has 0 aromatic heterocycles. The Balaban J connectivity index is 2.14. The van der Waals surface area contributed by atoms with E-state index in [2.05, 4.69) is 11.2 Å². The van der Waals surface area contributed by atoms with Gasteiger partial charge >= 0.3 is 0 Å². The maximum atomic E-state index is 5.06. The van der Waals surface area contributed by atoms with Crippen molar-refractivity contribution in [2.75, 3.05) is 7.11 Å². The molecule has 0 fully saturated rings. The molecule has 3 nitrogen and oxygen atoms in total. The van der Waals surface area contributed by atoms with Gasteiger partial charge in [-0.1, -0.05) is 11.2 Å². The Kier molecular flexibility index (Phi) is 1.16. The van der Waals surface area contributed by atoms with Crippen LogP contribution in [0.3, 0.4) is 0 Å². The number of rotatable bonds is 0. The van der Waals surface area contributed by atoms with Crippen molar-refractivity contribution in [1.82, 2.24) is 0 Å². The van der Waals surface area contributed by atoms with Crippen LogP contribution < -0.4 is 0 Å². The SMILES string of the molecule is COC1=NO[C@@H]2C=CC[C@H]12. The van der Waals surface area contributed by atoms with Crippen molar-refractivity contribution in [2.45, 2.75) is 12.5 Å². The highest BCUT2D eigenvalue weighted by atomic mass is 16.7. The molecule has 10 heavy (non-hydrogen) atoms. The van der Waals surface area contributed by atoms with Gasteiger partial charge in [-0.2, -0.15) is 0 Å². The van der Waals surface area contributed by atoms with Gasteiger partial charge in [-0.3, -0.25) is 0 Å². The lowest BCUT2D eigenvalue weighted by Gasteiger charge is -2.05. The van der Waals surface area contributed by atoms with Crippen molar-refractivity contribution < 1.29 is 9.57 Å². The lowest BCUT2D eigenvalue weighted by Crippen LogP contribution is -2.18. The number of allylic oxidation sites excluding steroid dienone is 1. The minimum atomic E-state index is 0.148. The molecule has 0 bridgehead atoms. The Hall–Kier alpha value is -0.990. The molecule has 2 aliphatic rings. The quantitative estimate of drug-likeness (QED) is 0.467. The summed E-state index contributed by atoms with van der Waals surface area (Å²) in [7, 11) is 1.63. The smallest absolute Gasteiger partial charge is 0.233 e. The van der Waals surface area contributed by atoms with Gasteiger partial charge in [-0.15, -0.1) is 0 Å². The van der Waals surface area contributed by atoms with Gasteiger partial charge in [0.25, 0.3) is 0 Å². The molecular formula is C7H9NO2. The van der Waals surface area contributed by atoms with Crippen LogP contribution in [-0.4, -0.2) is 19.1 Å². The van der Waals surface area contributed by atoms with E-state index in [0.29, 0.717) is 5.92 Å². The molecule has 2 atom stereocenters. The molecule has 3 heteroatoms. The van der Waals surface area contributed by atoms with Gasteiger partial charge in [0.2, 0.25) is 5.90 Å². The van der Waals surface area contributed by atoms with Crippen molar-refractivity contribution in [2.24, 2.45) is 11.1 Å². The first-order valence-corrected chi connectivity index (χ1v) is 3.36. The normalized spacial score (nSPS) is 35.1. The minimum absolute atomic E-state index is 0.148. The van der Waals surface area contributed by atoms with Crippen molar-refractivity contribution in [3.63, 3.8) is 0 Å². The molecule has 0 amide bonds. The second-order valence-electron chi connectivity index (χ2n) is 2.47. The maximum Gasteiger partial charge on any atom is 0.233 e. The summed E-state index contributed by atoms with van der Waals surface area (Å²) in [6.07, 6.45) is 5.27. The van der Waals surface area contributed by atoms with E-state index in [1.165, 1.54) is 0 Å². The highest BCUT2D eigenvalue weighted by molar-refractivity contribution is 5.81. The van der Waals surface area contributed by atoms with E-state index < -0.39 is 0 Å². The number of methoxy groups -OCH3 is 1. The summed E-state index contributed by atoms with van der Waals surface area (Å²) < 4.78 is 5.01. The van der Waals surface area contributed by atoms with Crippen molar-refractivity contribution in [3.05, 3.63) is 12.2 Å². The topological polar surface area (TPSA) is 30.8 Å². The molecule has 1 aliphatic heterocycles. The van der Waals surface area contributed by atoms with E-state index in [1.807, 2.05) is 6.08 Å². The molecule has 0 aromatic rings. The third-order valence-corrected chi connectivity index (χ3v) is 1.90. The molecule has 54 valence electrons. The van der Waals surface area contributed by atoms with E-state index in [1.54, 1.807) is 7.11 Å². The largest absolute Gasteiger partial charge is 0.482 e. The number of hydrogen-bond donors (Lipinski definition) is 0. The first-order valence-electron chi connectivity index (χ1n) is 3.36. The zero-order valence-corrected chi connectivity index (χ0v) is 5.78. The molecule has 0 unspecified atom stereocenters.